The molecule has 2 atom stereocenters. The zero-order valence-electron chi connectivity index (χ0n) is 29.2. The number of benzene rings is 2. The van der Waals surface area contributed by atoms with Crippen molar-refractivity contribution in [3.8, 4) is 17.2 Å². The number of phenols is 3. The summed E-state index contributed by atoms with van der Waals surface area (Å²) in [6, 6.07) is 18.7. The third-order valence-corrected chi connectivity index (χ3v) is 11.6. The average Bonchev–Trinajstić information content (AvgIpc) is 3.92. The van der Waals surface area contributed by atoms with Crippen LogP contribution >= 0.6 is 22.7 Å². The number of carboxylic acids is 2. The van der Waals surface area contributed by atoms with Gasteiger partial charge in [-0.15, -0.1) is 22.7 Å². The van der Waals surface area contributed by atoms with Crippen molar-refractivity contribution in [2.75, 3.05) is 19.7 Å². The molecule has 2 unspecified atom stereocenters. The predicted octanol–water partition coefficient (Wildman–Crippen LogP) is 6.32. The number of aromatic carboxylic acids is 2. The molecular formula is C39H44N2O10S2. The number of ether oxygens (including phenoxy) is 1. The second-order valence-corrected chi connectivity index (χ2v) is 15.4. The molecule has 2 amide bonds. The first-order chi connectivity index (χ1) is 25.5. The number of phenolic OH excluding ortho intramolecular Hbond substituents is 3. The van der Waals surface area contributed by atoms with E-state index in [9.17, 15) is 34.5 Å². The highest BCUT2D eigenvalue weighted by molar-refractivity contribution is 7.14. The molecule has 282 valence electrons. The molecule has 2 aliphatic heterocycles. The fourth-order valence-corrected chi connectivity index (χ4v) is 8.37. The van der Waals surface area contributed by atoms with Crippen LogP contribution in [0.25, 0.3) is 0 Å². The summed E-state index contributed by atoms with van der Waals surface area (Å²) in [7, 11) is 0. The van der Waals surface area contributed by atoms with Crippen molar-refractivity contribution in [3.63, 3.8) is 0 Å². The fraction of sp³-hybridized carbons (Fsp3) is 0.385. The lowest BCUT2D eigenvalue weighted by Crippen LogP contribution is -2.37. The maximum absolute atomic E-state index is 12.2. The molecule has 0 radical (unpaired) electrons. The summed E-state index contributed by atoms with van der Waals surface area (Å²) in [4.78, 5) is 52.5. The molecule has 2 saturated heterocycles. The molecule has 2 fully saturated rings. The van der Waals surface area contributed by atoms with E-state index in [1.807, 2.05) is 23.1 Å². The van der Waals surface area contributed by atoms with Crippen LogP contribution in [0.5, 0.6) is 17.2 Å². The van der Waals surface area contributed by atoms with Crippen molar-refractivity contribution in [3.05, 3.63) is 97.4 Å². The van der Waals surface area contributed by atoms with Gasteiger partial charge in [0.05, 0.1) is 19.3 Å². The van der Waals surface area contributed by atoms with Crippen LogP contribution in [0.4, 0.5) is 0 Å². The minimum Gasteiger partial charge on any atom is -0.508 e. The predicted molar refractivity (Wildman–Crippen MR) is 200 cm³/mol. The molecule has 12 nitrogen and oxygen atoms in total. The van der Waals surface area contributed by atoms with Gasteiger partial charge in [0.25, 0.3) is 0 Å². The molecule has 2 aromatic heterocycles. The van der Waals surface area contributed by atoms with E-state index >= 15 is 0 Å². The van der Waals surface area contributed by atoms with Gasteiger partial charge in [0.15, 0.2) is 0 Å². The Balaban J connectivity index is 0.000000204. The van der Waals surface area contributed by atoms with Gasteiger partial charge in [-0.2, -0.15) is 0 Å². The van der Waals surface area contributed by atoms with Crippen molar-refractivity contribution in [2.24, 2.45) is 0 Å². The summed E-state index contributed by atoms with van der Waals surface area (Å²) < 4.78 is 5.71. The molecule has 53 heavy (non-hydrogen) atoms. The van der Waals surface area contributed by atoms with Crippen LogP contribution in [0.15, 0.2) is 66.7 Å². The Labute approximate surface area is 315 Å². The number of aromatic hydroxyl groups is 3. The van der Waals surface area contributed by atoms with Gasteiger partial charge in [-0.25, -0.2) is 9.59 Å². The first-order valence-electron chi connectivity index (χ1n) is 17.6. The quantitative estimate of drug-likeness (QED) is 0.0866. The van der Waals surface area contributed by atoms with Crippen LogP contribution in [0, 0.1) is 0 Å². The molecule has 6 rings (SSSR count). The first-order valence-corrected chi connectivity index (χ1v) is 19.2. The largest absolute Gasteiger partial charge is 0.508 e. The van der Waals surface area contributed by atoms with E-state index in [0.717, 1.165) is 53.0 Å². The molecule has 0 bridgehead atoms. The van der Waals surface area contributed by atoms with Gasteiger partial charge in [-0.1, -0.05) is 18.2 Å². The number of carbonyl (C=O) groups excluding carboxylic acids is 2. The van der Waals surface area contributed by atoms with Crippen LogP contribution < -0.4 is 0 Å². The maximum Gasteiger partial charge on any atom is 0.345 e. The summed E-state index contributed by atoms with van der Waals surface area (Å²) in [5.74, 6) is -1.30. The second-order valence-electron chi connectivity index (χ2n) is 13.1. The number of carboxylic acid groups (broad SMARTS) is 2. The van der Waals surface area contributed by atoms with E-state index in [1.54, 1.807) is 47.4 Å². The monoisotopic (exact) mass is 764 g/mol. The van der Waals surface area contributed by atoms with Crippen LogP contribution in [-0.4, -0.2) is 90.9 Å². The van der Waals surface area contributed by atoms with Crippen molar-refractivity contribution in [1.82, 2.24) is 9.80 Å². The maximum atomic E-state index is 12.2. The highest BCUT2D eigenvalue weighted by Crippen LogP contribution is 2.27. The molecule has 4 heterocycles. The van der Waals surface area contributed by atoms with Crippen LogP contribution in [0.1, 0.15) is 78.7 Å². The number of hydrogen-bond donors (Lipinski definition) is 5. The van der Waals surface area contributed by atoms with E-state index in [0.29, 0.717) is 56.9 Å². The smallest absolute Gasteiger partial charge is 0.345 e. The van der Waals surface area contributed by atoms with E-state index in [4.69, 9.17) is 14.9 Å². The second kappa shape index (κ2) is 18.7. The van der Waals surface area contributed by atoms with E-state index in [1.165, 1.54) is 28.7 Å². The number of carbonyl (C=O) groups is 4. The number of nitrogens with zero attached hydrogens (tertiary/aromatic N) is 2. The number of likely N-dealkylation sites (tertiary alicyclic amines) is 2. The molecule has 2 aromatic carbocycles. The minimum atomic E-state index is -0.947. The average molecular weight is 765 g/mol. The molecular weight excluding hydrogens is 721 g/mol. The van der Waals surface area contributed by atoms with Crippen molar-refractivity contribution in [2.45, 2.75) is 76.5 Å². The van der Waals surface area contributed by atoms with Gasteiger partial charge in [-0.05, 0) is 98.5 Å². The number of aryl methyl sites for hydroxylation is 1. The van der Waals surface area contributed by atoms with Crippen LogP contribution in [-0.2, 0) is 40.2 Å². The van der Waals surface area contributed by atoms with E-state index in [2.05, 4.69) is 0 Å². The zero-order chi connectivity index (χ0) is 37.9. The fourth-order valence-electron chi connectivity index (χ4n) is 6.69. The Morgan fingerprint density at radius 3 is 1.94 bits per heavy atom. The summed E-state index contributed by atoms with van der Waals surface area (Å²) in [5.41, 5.74) is 1.62. The van der Waals surface area contributed by atoms with Gasteiger partial charge >= 0.3 is 11.9 Å². The van der Waals surface area contributed by atoms with Gasteiger partial charge in [0.2, 0.25) is 11.8 Å². The van der Waals surface area contributed by atoms with Gasteiger partial charge < -0.3 is 40.1 Å². The zero-order valence-corrected chi connectivity index (χ0v) is 30.8. The van der Waals surface area contributed by atoms with Crippen LogP contribution in [0.3, 0.4) is 0 Å². The normalized spacial score (nSPS) is 16.9. The Hall–Kier alpha value is -4.92. The van der Waals surface area contributed by atoms with Crippen molar-refractivity contribution in [1.29, 1.82) is 0 Å². The lowest BCUT2D eigenvalue weighted by Gasteiger charge is -2.25. The highest BCUT2D eigenvalue weighted by atomic mass is 32.1. The number of rotatable bonds is 16. The summed E-state index contributed by atoms with van der Waals surface area (Å²) in [6.07, 6.45) is 6.54. The number of para-hydroxylation sites is 1. The Bertz CT molecular complexity index is 1870. The lowest BCUT2D eigenvalue weighted by molar-refractivity contribution is -0.130. The first kappa shape index (κ1) is 39.3. The molecule has 0 spiro atoms. The van der Waals surface area contributed by atoms with Gasteiger partial charge in [0, 0.05) is 47.8 Å². The van der Waals surface area contributed by atoms with Crippen molar-refractivity contribution >= 4 is 46.4 Å². The van der Waals surface area contributed by atoms with Crippen LogP contribution in [0.2, 0.25) is 0 Å². The van der Waals surface area contributed by atoms with E-state index in [-0.39, 0.29) is 46.0 Å². The molecule has 0 aliphatic carbocycles. The molecule has 5 N–H and O–H groups in total. The molecule has 0 saturated carbocycles. The molecule has 4 aromatic rings. The Morgan fingerprint density at radius 1 is 0.717 bits per heavy atom. The summed E-state index contributed by atoms with van der Waals surface area (Å²) >= 11 is 2.51. The van der Waals surface area contributed by atoms with Crippen molar-refractivity contribution < 1.29 is 49.4 Å². The van der Waals surface area contributed by atoms with E-state index < -0.39 is 11.9 Å². The number of thiophene rings is 2. The third kappa shape index (κ3) is 11.3. The number of amides is 2. The highest BCUT2D eigenvalue weighted by Gasteiger charge is 2.31. The Kier molecular flexibility index (Phi) is 13.9. The van der Waals surface area contributed by atoms with Gasteiger partial charge in [-0.3, -0.25) is 9.59 Å². The molecule has 2 aliphatic rings. The summed E-state index contributed by atoms with van der Waals surface area (Å²) in [6.45, 7) is 1.81. The topological polar surface area (TPSA) is 185 Å². The molecule has 14 heteroatoms. The standard InChI is InChI=1S/C20H23NO4S.C19H21NO6S/c22-17-7-2-1-4-14(17)12-13-21-15(8-11-19(21)23)5-3-6-16-9-10-18(26-16)20(24)25;21-14-7-12(8-15(22)9-14)5-6-20-13(1-4-18(20)23)10-26-11-16-2-3-17(27-16)19(24)25/h1-2,4,7,9-10,15,22H,3,5-6,8,11-13H2,(H,24,25);2-3,7-9,13,21-22H,1,4-6,10-11H2,(H,24,25). The minimum absolute atomic E-state index is 0.00527. The third-order valence-electron chi connectivity index (χ3n) is 9.38. The number of hydrogen-bond acceptors (Lipinski definition) is 10. The Morgan fingerprint density at radius 2 is 1.30 bits per heavy atom. The summed E-state index contributed by atoms with van der Waals surface area (Å²) in [5, 5.41) is 46.9. The SMILES string of the molecule is O=C(O)c1ccc(CCCC2CCC(=O)N2CCc2ccccc2O)s1.O=C(O)c1ccc(COCC2CCC(=O)N2CCc2cc(O)cc(O)c2)s1. The van der Waals surface area contributed by atoms with Gasteiger partial charge in [0.1, 0.15) is 27.0 Å². The lowest BCUT2D eigenvalue weighted by atomic mass is 10.1.